The first-order chi connectivity index (χ1) is 16.1. The van der Waals surface area contributed by atoms with E-state index in [1.54, 1.807) is 72.8 Å². The van der Waals surface area contributed by atoms with Crippen LogP contribution in [0.5, 0.6) is 0 Å². The molecule has 0 aliphatic carbocycles. The first kappa shape index (κ1) is 21.8. The number of fused-ring (bicyclic) bond motifs is 1. The molecule has 1 N–H and O–H groups in total. The molecule has 1 aromatic heterocycles. The number of benzene rings is 3. The molecular formula is C25H17N5O2S. The summed E-state index contributed by atoms with van der Waals surface area (Å²) in [4.78, 5) is 30.4. The fourth-order valence-corrected chi connectivity index (χ4v) is 4.06. The summed E-state index contributed by atoms with van der Waals surface area (Å²) < 4.78 is 1.46. The third kappa shape index (κ3) is 4.93. The Kier molecular flexibility index (Phi) is 6.49. The van der Waals surface area contributed by atoms with Gasteiger partial charge in [-0.3, -0.25) is 14.2 Å². The van der Waals surface area contributed by atoms with E-state index in [1.165, 1.54) is 4.57 Å². The zero-order chi connectivity index (χ0) is 23.2. The highest BCUT2D eigenvalue weighted by Gasteiger charge is 2.15. The molecule has 0 unspecified atom stereocenters. The molecule has 0 spiro atoms. The van der Waals surface area contributed by atoms with E-state index < -0.39 is 0 Å². The maximum atomic E-state index is 13.2. The summed E-state index contributed by atoms with van der Waals surface area (Å²) in [6, 6.07) is 24.9. The molecule has 8 heteroatoms. The van der Waals surface area contributed by atoms with E-state index in [4.69, 9.17) is 10.5 Å². The molecule has 0 aliphatic rings. The topological polar surface area (TPSA) is 112 Å². The van der Waals surface area contributed by atoms with Crippen molar-refractivity contribution < 1.29 is 4.79 Å². The lowest BCUT2D eigenvalue weighted by Gasteiger charge is -2.13. The fourth-order valence-electron chi connectivity index (χ4n) is 3.25. The monoisotopic (exact) mass is 451 g/mol. The van der Waals surface area contributed by atoms with Gasteiger partial charge in [0.05, 0.1) is 46.5 Å². The second-order valence-corrected chi connectivity index (χ2v) is 8.02. The third-order valence-corrected chi connectivity index (χ3v) is 5.79. The Hall–Kier alpha value is -4.40. The number of aromatic nitrogens is 2. The van der Waals surface area contributed by atoms with Crippen LogP contribution in [0.4, 0.5) is 5.69 Å². The van der Waals surface area contributed by atoms with Crippen molar-refractivity contribution in [1.82, 2.24) is 9.55 Å². The van der Waals surface area contributed by atoms with Crippen molar-refractivity contribution in [3.8, 4) is 17.8 Å². The summed E-state index contributed by atoms with van der Waals surface area (Å²) in [6.45, 7) is 0. The lowest BCUT2D eigenvalue weighted by atomic mass is 10.1. The minimum absolute atomic E-state index is 0.0427. The van der Waals surface area contributed by atoms with Crippen LogP contribution >= 0.6 is 11.8 Å². The Labute approximate surface area is 193 Å². The number of hydrogen-bond acceptors (Lipinski definition) is 6. The van der Waals surface area contributed by atoms with Gasteiger partial charge in [-0.1, -0.05) is 36.0 Å². The number of carbonyl (C=O) groups excluding carboxylic acids is 1. The van der Waals surface area contributed by atoms with E-state index >= 15 is 0 Å². The highest BCUT2D eigenvalue weighted by atomic mass is 32.2. The van der Waals surface area contributed by atoms with Crippen molar-refractivity contribution >= 4 is 34.3 Å². The van der Waals surface area contributed by atoms with E-state index in [0.717, 1.165) is 17.3 Å². The maximum Gasteiger partial charge on any atom is 0.266 e. The van der Waals surface area contributed by atoms with Gasteiger partial charge < -0.3 is 5.32 Å². The number of amides is 1. The van der Waals surface area contributed by atoms with Gasteiger partial charge in [-0.2, -0.15) is 10.5 Å². The third-order valence-electron chi connectivity index (χ3n) is 4.85. The molecule has 1 heterocycles. The number of rotatable bonds is 6. The van der Waals surface area contributed by atoms with Gasteiger partial charge in [-0.05, 0) is 54.1 Å². The molecule has 160 valence electrons. The number of hydrogen-bond donors (Lipinski definition) is 1. The van der Waals surface area contributed by atoms with Gasteiger partial charge in [-0.15, -0.1) is 0 Å². The quantitative estimate of drug-likeness (QED) is 0.350. The van der Waals surface area contributed by atoms with Gasteiger partial charge in [0.2, 0.25) is 5.91 Å². The van der Waals surface area contributed by atoms with E-state index in [9.17, 15) is 9.59 Å². The number of anilines is 1. The molecule has 0 radical (unpaired) electrons. The zero-order valence-electron chi connectivity index (χ0n) is 17.4. The number of nitrogens with zero attached hydrogens (tertiary/aromatic N) is 4. The highest BCUT2D eigenvalue weighted by Crippen LogP contribution is 2.22. The van der Waals surface area contributed by atoms with Crippen LogP contribution in [0.25, 0.3) is 16.6 Å². The molecule has 1 amide bonds. The van der Waals surface area contributed by atoms with Crippen molar-refractivity contribution in [3.05, 3.63) is 94.3 Å². The minimum Gasteiger partial charge on any atom is -0.325 e. The molecule has 4 aromatic rings. The number of thioether (sulfide) groups is 1. The molecule has 0 saturated heterocycles. The van der Waals surface area contributed by atoms with Crippen molar-refractivity contribution in [2.24, 2.45) is 0 Å². The Morgan fingerprint density at radius 3 is 2.42 bits per heavy atom. The molecule has 7 nitrogen and oxygen atoms in total. The average molecular weight is 452 g/mol. The van der Waals surface area contributed by atoms with Gasteiger partial charge in [0.25, 0.3) is 5.56 Å². The fraction of sp³-hybridized carbons (Fsp3) is 0.0800. The first-order valence-electron chi connectivity index (χ1n) is 10.00. The van der Waals surface area contributed by atoms with Gasteiger partial charge in [0, 0.05) is 5.69 Å². The van der Waals surface area contributed by atoms with Crippen LogP contribution in [0.1, 0.15) is 11.1 Å². The van der Waals surface area contributed by atoms with Gasteiger partial charge in [0.1, 0.15) is 0 Å². The predicted octanol–water partition coefficient (Wildman–Crippen LogP) is 4.05. The Balaban J connectivity index is 1.61. The van der Waals surface area contributed by atoms with Crippen molar-refractivity contribution in [3.63, 3.8) is 0 Å². The second kappa shape index (κ2) is 9.82. The maximum absolute atomic E-state index is 13.2. The summed E-state index contributed by atoms with van der Waals surface area (Å²) in [5.41, 5.74) is 2.84. The highest BCUT2D eigenvalue weighted by molar-refractivity contribution is 7.99. The molecule has 0 aliphatic heterocycles. The van der Waals surface area contributed by atoms with E-state index in [0.29, 0.717) is 39.4 Å². The van der Waals surface area contributed by atoms with Crippen molar-refractivity contribution in [2.45, 2.75) is 11.6 Å². The predicted molar refractivity (Wildman–Crippen MR) is 127 cm³/mol. The van der Waals surface area contributed by atoms with Crippen LogP contribution in [0.3, 0.4) is 0 Å². The molecule has 33 heavy (non-hydrogen) atoms. The zero-order valence-corrected chi connectivity index (χ0v) is 18.2. The summed E-state index contributed by atoms with van der Waals surface area (Å²) in [5.74, 6) is -0.206. The van der Waals surface area contributed by atoms with Crippen LogP contribution in [-0.2, 0) is 11.2 Å². The van der Waals surface area contributed by atoms with Crippen LogP contribution in [-0.4, -0.2) is 21.2 Å². The van der Waals surface area contributed by atoms with Crippen molar-refractivity contribution in [1.29, 1.82) is 10.5 Å². The number of carbonyl (C=O) groups is 1. The van der Waals surface area contributed by atoms with Crippen LogP contribution < -0.4 is 10.9 Å². The lowest BCUT2D eigenvalue weighted by molar-refractivity contribution is -0.113. The van der Waals surface area contributed by atoms with E-state index in [1.807, 2.05) is 0 Å². The van der Waals surface area contributed by atoms with Gasteiger partial charge >= 0.3 is 0 Å². The molecule has 0 fully saturated rings. The first-order valence-corrected chi connectivity index (χ1v) is 11.0. The summed E-state index contributed by atoms with van der Waals surface area (Å²) in [6.07, 6.45) is 0.310. The summed E-state index contributed by atoms with van der Waals surface area (Å²) >= 11 is 1.15. The molecular weight excluding hydrogens is 434 g/mol. The van der Waals surface area contributed by atoms with Crippen LogP contribution in [0.2, 0.25) is 0 Å². The van der Waals surface area contributed by atoms with Crippen LogP contribution in [0.15, 0.2) is 82.7 Å². The van der Waals surface area contributed by atoms with Crippen molar-refractivity contribution in [2.75, 3.05) is 11.1 Å². The molecule has 4 rings (SSSR count). The van der Waals surface area contributed by atoms with Gasteiger partial charge in [0.15, 0.2) is 5.16 Å². The molecule has 0 bridgehead atoms. The average Bonchev–Trinajstić information content (AvgIpc) is 2.84. The summed E-state index contributed by atoms with van der Waals surface area (Å²) in [5, 5.41) is 21.5. The van der Waals surface area contributed by atoms with Crippen LogP contribution in [0, 0.1) is 22.7 Å². The standard InChI is InChI=1S/C25H17N5O2S/c26-14-13-17-5-9-19(10-6-17)28-23(31)16-33-25-29-22-4-2-1-3-21(22)24(32)30(25)20-11-7-18(15-27)8-12-20/h1-12H,13,16H2,(H,28,31). The normalized spacial score (nSPS) is 10.4. The Morgan fingerprint density at radius 1 is 1.00 bits per heavy atom. The smallest absolute Gasteiger partial charge is 0.266 e. The molecule has 3 aromatic carbocycles. The Morgan fingerprint density at radius 2 is 1.73 bits per heavy atom. The molecule has 0 atom stereocenters. The second-order valence-electron chi connectivity index (χ2n) is 7.08. The minimum atomic E-state index is -0.249. The lowest BCUT2D eigenvalue weighted by Crippen LogP contribution is -2.23. The number of nitriles is 2. The Bertz CT molecular complexity index is 1460. The van der Waals surface area contributed by atoms with E-state index in [-0.39, 0.29) is 17.2 Å². The number of nitrogens with one attached hydrogen (secondary N) is 1. The summed E-state index contributed by atoms with van der Waals surface area (Å²) in [7, 11) is 0. The van der Waals surface area contributed by atoms with Gasteiger partial charge in [-0.25, -0.2) is 4.98 Å². The van der Waals surface area contributed by atoms with E-state index in [2.05, 4.69) is 22.4 Å². The number of para-hydroxylation sites is 1. The SMILES string of the molecule is N#CCc1ccc(NC(=O)CSc2nc3ccccc3c(=O)n2-c2ccc(C#N)cc2)cc1. The molecule has 0 saturated carbocycles. The largest absolute Gasteiger partial charge is 0.325 e.